The Kier molecular flexibility index (Phi) is 9.51. The topological polar surface area (TPSA) is 65.1 Å². The van der Waals surface area contributed by atoms with Gasteiger partial charge in [-0.25, -0.2) is 4.79 Å². The number of piperazine rings is 1. The molecule has 1 saturated heterocycles. The summed E-state index contributed by atoms with van der Waals surface area (Å²) in [6, 6.07) is 26.5. The van der Waals surface area contributed by atoms with Gasteiger partial charge in [-0.1, -0.05) is 54.6 Å². The zero-order valence-corrected chi connectivity index (χ0v) is 22.6. The van der Waals surface area contributed by atoms with Gasteiger partial charge in [0.05, 0.1) is 13.2 Å². The van der Waals surface area contributed by atoms with Gasteiger partial charge in [-0.3, -0.25) is 19.9 Å². The van der Waals surface area contributed by atoms with Crippen molar-refractivity contribution < 1.29 is 14.3 Å². The Labute approximate surface area is 226 Å². The third-order valence-electron chi connectivity index (χ3n) is 7.18. The van der Waals surface area contributed by atoms with Gasteiger partial charge in [0.1, 0.15) is 0 Å². The van der Waals surface area contributed by atoms with Crippen molar-refractivity contribution in [1.29, 1.82) is 0 Å². The van der Waals surface area contributed by atoms with Gasteiger partial charge in [-0.05, 0) is 54.8 Å². The van der Waals surface area contributed by atoms with Crippen molar-refractivity contribution in [1.82, 2.24) is 14.7 Å². The first kappa shape index (κ1) is 27.4. The summed E-state index contributed by atoms with van der Waals surface area (Å²) in [5.74, 6) is 0.0527. The van der Waals surface area contributed by atoms with E-state index in [2.05, 4.69) is 63.6 Å². The monoisotopic (exact) mass is 514 g/mol. The summed E-state index contributed by atoms with van der Waals surface area (Å²) in [6.45, 7) is 10.1. The molecule has 3 aromatic rings. The Morgan fingerprint density at radius 2 is 1.55 bits per heavy atom. The SMILES string of the molecule is CCN(CC)C(=O)c1ccc([C@H](c2cccc(NC(=O)OC)c2)N2CCN(Cc3ccccc3)CC2)cc1. The van der Waals surface area contributed by atoms with Gasteiger partial charge in [-0.2, -0.15) is 0 Å². The van der Waals surface area contributed by atoms with E-state index in [-0.39, 0.29) is 11.9 Å². The van der Waals surface area contributed by atoms with Crippen LogP contribution in [0, 0.1) is 0 Å². The molecule has 1 heterocycles. The maximum Gasteiger partial charge on any atom is 0.411 e. The number of hydrogen-bond acceptors (Lipinski definition) is 5. The van der Waals surface area contributed by atoms with Gasteiger partial charge in [0, 0.05) is 57.1 Å². The normalized spacial score (nSPS) is 15.0. The van der Waals surface area contributed by atoms with Crippen LogP contribution in [-0.2, 0) is 11.3 Å². The van der Waals surface area contributed by atoms with Crippen LogP contribution in [0.3, 0.4) is 0 Å². The van der Waals surface area contributed by atoms with Crippen LogP contribution in [-0.4, -0.2) is 73.1 Å². The lowest BCUT2D eigenvalue weighted by Crippen LogP contribution is -2.47. The first-order valence-electron chi connectivity index (χ1n) is 13.4. The summed E-state index contributed by atoms with van der Waals surface area (Å²) in [5.41, 5.74) is 4.92. The zero-order chi connectivity index (χ0) is 26.9. The predicted octanol–water partition coefficient (Wildman–Crippen LogP) is 5.25. The maximum atomic E-state index is 12.9. The van der Waals surface area contributed by atoms with Crippen molar-refractivity contribution in [3.63, 3.8) is 0 Å². The molecule has 1 aliphatic rings. The lowest BCUT2D eigenvalue weighted by atomic mass is 9.94. The fourth-order valence-corrected chi connectivity index (χ4v) is 5.09. The number of anilines is 1. The number of nitrogens with zero attached hydrogens (tertiary/aromatic N) is 3. The molecule has 0 saturated carbocycles. The largest absolute Gasteiger partial charge is 0.453 e. The molecule has 1 atom stereocenters. The van der Waals surface area contributed by atoms with Crippen molar-refractivity contribution in [3.8, 4) is 0 Å². The highest BCUT2D eigenvalue weighted by atomic mass is 16.5. The molecule has 7 heteroatoms. The molecule has 0 unspecified atom stereocenters. The second-order valence-electron chi connectivity index (χ2n) is 9.54. The second-order valence-corrected chi connectivity index (χ2v) is 9.54. The Bertz CT molecular complexity index is 1190. The molecule has 0 aliphatic carbocycles. The minimum absolute atomic E-state index is 0.00845. The average Bonchev–Trinajstić information content (AvgIpc) is 2.96. The second kappa shape index (κ2) is 13.2. The highest BCUT2D eigenvalue weighted by Gasteiger charge is 2.27. The van der Waals surface area contributed by atoms with Gasteiger partial charge in [-0.15, -0.1) is 0 Å². The van der Waals surface area contributed by atoms with Gasteiger partial charge in [0.25, 0.3) is 5.91 Å². The van der Waals surface area contributed by atoms with Crippen LogP contribution < -0.4 is 5.32 Å². The molecule has 1 fully saturated rings. The first-order chi connectivity index (χ1) is 18.5. The van der Waals surface area contributed by atoms with E-state index in [1.54, 1.807) is 0 Å². The van der Waals surface area contributed by atoms with E-state index in [1.807, 2.05) is 49.1 Å². The molecule has 38 heavy (non-hydrogen) atoms. The smallest absolute Gasteiger partial charge is 0.411 e. The summed E-state index contributed by atoms with van der Waals surface area (Å²) in [6.07, 6.45) is -0.493. The number of methoxy groups -OCH3 is 1. The first-order valence-corrected chi connectivity index (χ1v) is 13.4. The summed E-state index contributed by atoms with van der Waals surface area (Å²) in [7, 11) is 1.36. The van der Waals surface area contributed by atoms with Gasteiger partial charge >= 0.3 is 6.09 Å². The van der Waals surface area contributed by atoms with E-state index in [9.17, 15) is 9.59 Å². The van der Waals surface area contributed by atoms with Crippen molar-refractivity contribution in [2.24, 2.45) is 0 Å². The lowest BCUT2D eigenvalue weighted by Gasteiger charge is -2.40. The van der Waals surface area contributed by atoms with Crippen LogP contribution in [0.5, 0.6) is 0 Å². The number of ether oxygens (including phenoxy) is 1. The van der Waals surface area contributed by atoms with Crippen molar-refractivity contribution in [2.75, 3.05) is 51.7 Å². The summed E-state index contributed by atoms with van der Waals surface area (Å²) < 4.78 is 4.79. The highest BCUT2D eigenvalue weighted by Crippen LogP contribution is 2.32. The van der Waals surface area contributed by atoms with E-state index in [0.717, 1.165) is 43.9 Å². The highest BCUT2D eigenvalue weighted by molar-refractivity contribution is 5.94. The Morgan fingerprint density at radius 1 is 0.868 bits per heavy atom. The number of carbonyl (C=O) groups excluding carboxylic acids is 2. The molecule has 200 valence electrons. The summed E-state index contributed by atoms with van der Waals surface area (Å²) >= 11 is 0. The zero-order valence-electron chi connectivity index (χ0n) is 22.6. The molecule has 3 aromatic carbocycles. The summed E-state index contributed by atoms with van der Waals surface area (Å²) in [5, 5.41) is 2.79. The van der Waals surface area contributed by atoms with Gasteiger partial charge in [0.15, 0.2) is 0 Å². The third kappa shape index (κ3) is 6.79. The predicted molar refractivity (Wildman–Crippen MR) is 151 cm³/mol. The number of rotatable bonds is 9. The van der Waals surface area contributed by atoms with Crippen LogP contribution in [0.2, 0.25) is 0 Å². The maximum absolute atomic E-state index is 12.9. The van der Waals surface area contributed by atoms with Crippen molar-refractivity contribution in [3.05, 3.63) is 101 Å². The molecule has 4 rings (SSSR count). The lowest BCUT2D eigenvalue weighted by molar-refractivity contribution is 0.0772. The number of amides is 2. The Morgan fingerprint density at radius 3 is 2.18 bits per heavy atom. The van der Waals surface area contributed by atoms with Gasteiger partial charge in [0.2, 0.25) is 0 Å². The van der Waals surface area contributed by atoms with E-state index < -0.39 is 6.09 Å². The quantitative estimate of drug-likeness (QED) is 0.422. The van der Waals surface area contributed by atoms with Crippen LogP contribution in [0.15, 0.2) is 78.9 Å². The number of hydrogen-bond donors (Lipinski definition) is 1. The van der Waals surface area contributed by atoms with E-state index in [0.29, 0.717) is 24.3 Å². The number of nitrogens with one attached hydrogen (secondary N) is 1. The minimum atomic E-state index is -0.493. The Hall–Kier alpha value is -3.68. The molecule has 0 spiro atoms. The molecule has 1 N–H and O–H groups in total. The molecule has 0 radical (unpaired) electrons. The minimum Gasteiger partial charge on any atom is -0.453 e. The summed E-state index contributed by atoms with van der Waals surface area (Å²) in [4.78, 5) is 31.5. The standard InChI is InChI=1S/C31H38N4O3/c1-4-34(5-2)30(36)26-16-14-25(15-17-26)29(27-12-9-13-28(22-27)32-31(37)38-3)35-20-18-33(19-21-35)23-24-10-7-6-8-11-24/h6-17,22,29H,4-5,18-21,23H2,1-3H3,(H,32,37)/t29-/m1/s1. The van der Waals surface area contributed by atoms with E-state index >= 15 is 0 Å². The number of benzene rings is 3. The van der Waals surface area contributed by atoms with Gasteiger partial charge < -0.3 is 9.64 Å². The molecule has 2 amide bonds. The molecular formula is C31H38N4O3. The number of carbonyl (C=O) groups is 2. The fourth-order valence-electron chi connectivity index (χ4n) is 5.09. The third-order valence-corrected chi connectivity index (χ3v) is 7.18. The molecule has 7 nitrogen and oxygen atoms in total. The van der Waals surface area contributed by atoms with Crippen molar-refractivity contribution in [2.45, 2.75) is 26.4 Å². The van der Waals surface area contributed by atoms with E-state index in [4.69, 9.17) is 4.74 Å². The molecule has 1 aliphatic heterocycles. The fraction of sp³-hybridized carbons (Fsp3) is 0.355. The van der Waals surface area contributed by atoms with Crippen LogP contribution in [0.4, 0.5) is 10.5 Å². The average molecular weight is 515 g/mol. The molecule has 0 aromatic heterocycles. The van der Waals surface area contributed by atoms with Crippen LogP contribution in [0.1, 0.15) is 46.9 Å². The molecular weight excluding hydrogens is 476 g/mol. The molecule has 0 bridgehead atoms. The van der Waals surface area contributed by atoms with Crippen molar-refractivity contribution >= 4 is 17.7 Å². The van der Waals surface area contributed by atoms with E-state index in [1.165, 1.54) is 12.7 Å². The Balaban J connectivity index is 1.58. The van der Waals surface area contributed by atoms with Crippen LogP contribution >= 0.6 is 0 Å². The van der Waals surface area contributed by atoms with Crippen LogP contribution in [0.25, 0.3) is 0 Å².